The van der Waals surface area contributed by atoms with Gasteiger partial charge in [0, 0.05) is 48.9 Å². The average molecular weight is 406 g/mol. The smallest absolute Gasteiger partial charge is 0.227 e. The molecule has 2 aromatic heterocycles. The van der Waals surface area contributed by atoms with Crippen LogP contribution in [0, 0.1) is 20.8 Å². The minimum atomic E-state index is -0.0400. The fourth-order valence-corrected chi connectivity index (χ4v) is 4.34. The van der Waals surface area contributed by atoms with E-state index in [2.05, 4.69) is 17.3 Å². The lowest BCUT2D eigenvalue weighted by atomic mass is 9.99. The molecule has 0 bridgehead atoms. The highest BCUT2D eigenvalue weighted by atomic mass is 16.2. The maximum Gasteiger partial charge on any atom is 0.227 e. The van der Waals surface area contributed by atoms with Crippen molar-refractivity contribution in [2.75, 3.05) is 16.8 Å². The lowest BCUT2D eigenvalue weighted by Crippen LogP contribution is -2.23. The lowest BCUT2D eigenvalue weighted by molar-refractivity contribution is -0.117. The summed E-state index contributed by atoms with van der Waals surface area (Å²) in [5, 5.41) is 8.50. The van der Waals surface area contributed by atoms with Crippen LogP contribution in [0.25, 0.3) is 11.0 Å². The van der Waals surface area contributed by atoms with Crippen molar-refractivity contribution in [2.45, 2.75) is 46.5 Å². The highest BCUT2D eigenvalue weighted by Crippen LogP contribution is 2.26. The number of hydrogen-bond donors (Lipinski definition) is 1. The maximum atomic E-state index is 12.5. The summed E-state index contributed by atoms with van der Waals surface area (Å²) < 4.78 is 1.81. The maximum absolute atomic E-state index is 12.5. The van der Waals surface area contributed by atoms with Gasteiger partial charge in [-0.15, -0.1) is 0 Å². The second-order valence-corrected chi connectivity index (χ2v) is 7.95. The van der Waals surface area contributed by atoms with Gasteiger partial charge in [-0.05, 0) is 69.0 Å². The molecule has 2 amide bonds. The number of nitrogens with one attached hydrogen (secondary N) is 1. The van der Waals surface area contributed by atoms with Crippen LogP contribution in [0.1, 0.15) is 41.8 Å². The molecule has 3 heterocycles. The van der Waals surface area contributed by atoms with E-state index in [0.717, 1.165) is 57.9 Å². The number of aryl methyl sites for hydroxylation is 4. The Balaban J connectivity index is 1.43. The van der Waals surface area contributed by atoms with Gasteiger partial charge >= 0.3 is 0 Å². The van der Waals surface area contributed by atoms with Crippen LogP contribution in [0.2, 0.25) is 0 Å². The summed E-state index contributed by atoms with van der Waals surface area (Å²) in [6.45, 7) is 6.82. The van der Waals surface area contributed by atoms with Crippen molar-refractivity contribution in [2.24, 2.45) is 7.05 Å². The van der Waals surface area contributed by atoms with E-state index in [1.165, 1.54) is 0 Å². The van der Waals surface area contributed by atoms with Gasteiger partial charge in [0.1, 0.15) is 0 Å². The Labute approximate surface area is 176 Å². The van der Waals surface area contributed by atoms with Gasteiger partial charge in [-0.1, -0.05) is 0 Å². The van der Waals surface area contributed by atoms with Crippen molar-refractivity contribution in [3.8, 4) is 0 Å². The van der Waals surface area contributed by atoms with Crippen molar-refractivity contribution in [1.29, 1.82) is 0 Å². The van der Waals surface area contributed by atoms with E-state index in [-0.39, 0.29) is 11.8 Å². The first-order valence-electron chi connectivity index (χ1n) is 10.3. The third-order valence-corrected chi connectivity index (χ3v) is 5.87. The third kappa shape index (κ3) is 3.67. The standard InChI is InChI=1S/C23H27N5O2/c1-14-19(15(2)24-23-22(14)16(3)26-27(23)4)11-12-20(29)25-17-7-9-18(10-8-17)28-13-5-6-21(28)30/h7-10H,5-6,11-13H2,1-4H3,(H,25,29). The number of carbonyl (C=O) groups excluding carboxylic acids is 2. The monoisotopic (exact) mass is 405 g/mol. The van der Waals surface area contributed by atoms with Crippen LogP contribution in [-0.4, -0.2) is 33.1 Å². The van der Waals surface area contributed by atoms with Gasteiger partial charge in [0.05, 0.1) is 5.69 Å². The predicted molar refractivity (Wildman–Crippen MR) is 118 cm³/mol. The van der Waals surface area contributed by atoms with Gasteiger partial charge in [-0.3, -0.25) is 14.3 Å². The molecule has 3 aromatic rings. The van der Waals surface area contributed by atoms with Crippen LogP contribution in [0.5, 0.6) is 0 Å². The predicted octanol–water partition coefficient (Wildman–Crippen LogP) is 3.59. The molecule has 4 rings (SSSR count). The van der Waals surface area contributed by atoms with Crippen molar-refractivity contribution in [1.82, 2.24) is 14.8 Å². The summed E-state index contributed by atoms with van der Waals surface area (Å²) in [6.07, 6.45) is 2.51. The molecule has 30 heavy (non-hydrogen) atoms. The van der Waals surface area contributed by atoms with Crippen molar-refractivity contribution in [3.05, 3.63) is 46.8 Å². The van der Waals surface area contributed by atoms with Crippen LogP contribution in [0.3, 0.4) is 0 Å². The number of aromatic nitrogens is 3. The summed E-state index contributed by atoms with van der Waals surface area (Å²) >= 11 is 0. The van der Waals surface area contributed by atoms with Gasteiger partial charge in [-0.25, -0.2) is 4.98 Å². The third-order valence-electron chi connectivity index (χ3n) is 5.87. The quantitative estimate of drug-likeness (QED) is 0.703. The van der Waals surface area contributed by atoms with E-state index in [9.17, 15) is 9.59 Å². The number of amides is 2. The van der Waals surface area contributed by atoms with E-state index in [4.69, 9.17) is 4.98 Å². The molecule has 156 valence electrons. The van der Waals surface area contributed by atoms with Crippen LogP contribution in [-0.2, 0) is 23.1 Å². The Hall–Kier alpha value is -3.22. The minimum Gasteiger partial charge on any atom is -0.326 e. The van der Waals surface area contributed by atoms with Gasteiger partial charge in [0.2, 0.25) is 11.8 Å². The molecule has 0 unspecified atom stereocenters. The number of nitrogens with zero attached hydrogens (tertiary/aromatic N) is 4. The number of anilines is 2. The normalized spacial score (nSPS) is 14.0. The molecule has 0 aliphatic carbocycles. The number of benzene rings is 1. The van der Waals surface area contributed by atoms with Gasteiger partial charge in [0.25, 0.3) is 0 Å². The highest BCUT2D eigenvalue weighted by Gasteiger charge is 2.21. The summed E-state index contributed by atoms with van der Waals surface area (Å²) in [6, 6.07) is 7.47. The summed E-state index contributed by atoms with van der Waals surface area (Å²) in [5.41, 5.74) is 6.66. The molecule has 7 nitrogen and oxygen atoms in total. The molecule has 7 heteroatoms. The molecule has 0 atom stereocenters. The van der Waals surface area contributed by atoms with E-state index >= 15 is 0 Å². The van der Waals surface area contributed by atoms with Crippen LogP contribution < -0.4 is 10.2 Å². The first-order valence-corrected chi connectivity index (χ1v) is 10.3. The highest BCUT2D eigenvalue weighted by molar-refractivity contribution is 5.96. The topological polar surface area (TPSA) is 80.1 Å². The molecule has 1 aliphatic heterocycles. The molecule has 0 spiro atoms. The van der Waals surface area contributed by atoms with Gasteiger partial charge in [0.15, 0.2) is 5.65 Å². The minimum absolute atomic E-state index is 0.0400. The van der Waals surface area contributed by atoms with Crippen LogP contribution >= 0.6 is 0 Å². The Bertz CT molecular complexity index is 1130. The molecule has 1 aliphatic rings. The summed E-state index contributed by atoms with van der Waals surface area (Å²) in [5.74, 6) is 0.119. The zero-order chi connectivity index (χ0) is 21.4. The lowest BCUT2D eigenvalue weighted by Gasteiger charge is -2.16. The summed E-state index contributed by atoms with van der Waals surface area (Å²) in [4.78, 5) is 30.9. The number of rotatable bonds is 5. The Morgan fingerprint density at radius 3 is 2.53 bits per heavy atom. The van der Waals surface area contributed by atoms with E-state index in [0.29, 0.717) is 19.3 Å². The van der Waals surface area contributed by atoms with Crippen LogP contribution in [0.15, 0.2) is 24.3 Å². The van der Waals surface area contributed by atoms with Gasteiger partial charge < -0.3 is 10.2 Å². The molecule has 1 aromatic carbocycles. The molecule has 1 fully saturated rings. The molecular weight excluding hydrogens is 378 g/mol. The number of carbonyl (C=O) groups is 2. The largest absolute Gasteiger partial charge is 0.326 e. The second kappa shape index (κ2) is 7.89. The number of hydrogen-bond acceptors (Lipinski definition) is 4. The average Bonchev–Trinajstić information content (AvgIpc) is 3.25. The molecular formula is C23H27N5O2. The fourth-order valence-electron chi connectivity index (χ4n) is 4.34. The SMILES string of the molecule is Cc1nc2c(c(C)nn2C)c(C)c1CCC(=O)Nc1ccc(N2CCCC2=O)cc1. The van der Waals surface area contributed by atoms with Crippen LogP contribution in [0.4, 0.5) is 11.4 Å². The van der Waals surface area contributed by atoms with Gasteiger partial charge in [-0.2, -0.15) is 5.10 Å². The Morgan fingerprint density at radius 1 is 1.13 bits per heavy atom. The summed E-state index contributed by atoms with van der Waals surface area (Å²) in [7, 11) is 1.90. The zero-order valence-electron chi connectivity index (χ0n) is 18.0. The first-order chi connectivity index (χ1) is 14.3. The first kappa shape index (κ1) is 20.1. The Morgan fingerprint density at radius 2 is 1.87 bits per heavy atom. The number of fused-ring (bicyclic) bond motifs is 1. The van der Waals surface area contributed by atoms with Crippen molar-refractivity contribution < 1.29 is 9.59 Å². The van der Waals surface area contributed by atoms with Crippen molar-refractivity contribution >= 4 is 34.2 Å². The van der Waals surface area contributed by atoms with E-state index in [1.54, 1.807) is 9.58 Å². The molecule has 1 saturated heterocycles. The second-order valence-electron chi connectivity index (χ2n) is 7.95. The van der Waals surface area contributed by atoms with Crippen molar-refractivity contribution in [3.63, 3.8) is 0 Å². The fraction of sp³-hybridized carbons (Fsp3) is 0.391. The molecule has 1 N–H and O–H groups in total. The van der Waals surface area contributed by atoms with E-state index in [1.807, 2.05) is 45.2 Å². The Kier molecular flexibility index (Phi) is 5.28. The molecule has 0 saturated carbocycles. The van der Waals surface area contributed by atoms with E-state index < -0.39 is 0 Å². The zero-order valence-corrected chi connectivity index (χ0v) is 18.0. The molecule has 0 radical (unpaired) electrons. The number of pyridine rings is 1.